The van der Waals surface area contributed by atoms with Crippen molar-refractivity contribution in [3.05, 3.63) is 91.0 Å². The van der Waals surface area contributed by atoms with Crippen molar-refractivity contribution < 1.29 is 22.1 Å². The molecule has 0 radical (unpaired) electrons. The quantitative estimate of drug-likeness (QED) is 0.367. The largest absolute Gasteiger partial charge is 0.701 e. The minimum absolute atomic E-state index is 0.409. The third kappa shape index (κ3) is 6.74. The first-order valence-corrected chi connectivity index (χ1v) is 14.7. The van der Waals surface area contributed by atoms with Gasteiger partial charge in [0.1, 0.15) is 17.2 Å². The summed E-state index contributed by atoms with van der Waals surface area (Å²) in [5, 5.41) is 0. The molecule has 0 unspecified atom stereocenters. The predicted molar refractivity (Wildman–Crippen MR) is 122 cm³/mol. The summed E-state index contributed by atoms with van der Waals surface area (Å²) in [6.07, 6.45) is 0. The van der Waals surface area contributed by atoms with Gasteiger partial charge in [-0.1, -0.05) is 54.6 Å². The average molecular weight is 441 g/mol. The van der Waals surface area contributed by atoms with E-state index in [1.54, 1.807) is 7.11 Å². The van der Waals surface area contributed by atoms with E-state index in [-0.39, 0.29) is 0 Å². The molecule has 0 bridgehead atoms. The number of hydrogen-bond acceptors (Lipinski definition) is 5. The van der Waals surface area contributed by atoms with E-state index in [0.717, 1.165) is 0 Å². The zero-order chi connectivity index (χ0) is 21.3. The summed E-state index contributed by atoms with van der Waals surface area (Å²) in [6.45, 7) is 4.42. The molecule has 158 valence electrons. The molecule has 0 aliphatic heterocycles. The van der Waals surface area contributed by atoms with Gasteiger partial charge in [0, 0.05) is 13.7 Å². The van der Waals surface area contributed by atoms with Gasteiger partial charge < -0.3 is 22.1 Å². The third-order valence-electron chi connectivity index (χ3n) is 4.40. The molecule has 0 saturated carbocycles. The van der Waals surface area contributed by atoms with Crippen molar-refractivity contribution in [2.24, 2.45) is 0 Å². The lowest BCUT2D eigenvalue weighted by Gasteiger charge is -2.31. The highest BCUT2D eigenvalue weighted by molar-refractivity contribution is 6.65. The summed E-state index contributed by atoms with van der Waals surface area (Å²) in [5.41, 5.74) is 0. The van der Waals surface area contributed by atoms with Crippen LogP contribution in [-0.4, -0.2) is 31.1 Å². The van der Waals surface area contributed by atoms with Gasteiger partial charge in [0.15, 0.2) is 0 Å². The van der Waals surface area contributed by atoms with E-state index in [2.05, 4.69) is 0 Å². The minimum Gasteiger partial charge on any atom is -0.483 e. The van der Waals surface area contributed by atoms with Gasteiger partial charge in [0.05, 0.1) is 6.04 Å². The Kier molecular flexibility index (Phi) is 7.70. The van der Waals surface area contributed by atoms with E-state index < -0.39 is 17.4 Å². The van der Waals surface area contributed by atoms with Gasteiger partial charge >= 0.3 is 17.4 Å². The highest BCUT2D eigenvalue weighted by Gasteiger charge is 2.49. The Morgan fingerprint density at radius 1 is 0.600 bits per heavy atom. The predicted octanol–water partition coefficient (Wildman–Crippen LogP) is 5.53. The first kappa shape index (κ1) is 22.1. The molecule has 0 amide bonds. The fourth-order valence-electron chi connectivity index (χ4n) is 2.70. The van der Waals surface area contributed by atoms with Crippen LogP contribution in [0.5, 0.6) is 17.2 Å². The maximum Gasteiger partial charge on any atom is 0.701 e. The molecule has 0 heterocycles. The highest BCUT2D eigenvalue weighted by Crippen LogP contribution is 2.27. The molecule has 0 aromatic heterocycles. The minimum atomic E-state index is -3.29. The van der Waals surface area contributed by atoms with Crippen LogP contribution < -0.4 is 13.3 Å². The topological polar surface area (TPSA) is 46.2 Å². The molecule has 0 spiro atoms. The lowest BCUT2D eigenvalue weighted by Crippen LogP contribution is -2.56. The molecule has 30 heavy (non-hydrogen) atoms. The molecule has 3 aromatic rings. The number of benzene rings is 3. The first-order chi connectivity index (χ1) is 14.5. The second kappa shape index (κ2) is 10.4. The zero-order valence-corrected chi connectivity index (χ0v) is 19.6. The molecule has 3 aromatic carbocycles. The summed E-state index contributed by atoms with van der Waals surface area (Å²) in [5.74, 6) is 2.08. The van der Waals surface area contributed by atoms with Crippen LogP contribution in [0, 0.1) is 0 Å². The van der Waals surface area contributed by atoms with Crippen LogP contribution in [0.4, 0.5) is 0 Å². The lowest BCUT2D eigenvalue weighted by atomic mass is 10.3. The van der Waals surface area contributed by atoms with E-state index in [1.165, 1.54) is 0 Å². The molecule has 0 N–H and O–H groups in total. The molecular weight excluding hydrogens is 412 g/mol. The number of rotatable bonds is 11. The van der Waals surface area contributed by atoms with Crippen molar-refractivity contribution in [3.63, 3.8) is 0 Å². The van der Waals surface area contributed by atoms with Crippen LogP contribution in [0.2, 0.25) is 19.1 Å². The summed E-state index contributed by atoms with van der Waals surface area (Å²) < 4.78 is 30.9. The van der Waals surface area contributed by atoms with Gasteiger partial charge in [-0.25, -0.2) is 0 Å². The molecule has 3 rings (SSSR count). The zero-order valence-electron chi connectivity index (χ0n) is 17.6. The highest BCUT2D eigenvalue weighted by atomic mass is 28.4. The summed E-state index contributed by atoms with van der Waals surface area (Å²) in [6, 6.07) is 29.3. The van der Waals surface area contributed by atoms with Crippen LogP contribution in [0.25, 0.3) is 0 Å². The summed E-state index contributed by atoms with van der Waals surface area (Å²) >= 11 is 0. The Bertz CT molecular complexity index is 774. The van der Waals surface area contributed by atoms with Crippen LogP contribution in [0.1, 0.15) is 0 Å². The van der Waals surface area contributed by atoms with E-state index in [1.807, 2.05) is 104 Å². The fourth-order valence-corrected chi connectivity index (χ4v) is 5.89. The van der Waals surface area contributed by atoms with E-state index in [9.17, 15) is 0 Å². The molecule has 0 fully saturated rings. The van der Waals surface area contributed by atoms with Crippen LogP contribution in [0.3, 0.4) is 0 Å². The van der Waals surface area contributed by atoms with Crippen molar-refractivity contribution in [3.8, 4) is 17.2 Å². The molecule has 7 heteroatoms. The monoisotopic (exact) mass is 440 g/mol. The van der Waals surface area contributed by atoms with E-state index >= 15 is 0 Å². The standard InChI is InChI=1S/C23H28O5Si2/c1-24-29(2,3)25-19-20-30(26-21-13-7-4-8-14-21,27-22-15-9-5-10-16-22)28-23-17-11-6-12-18-23/h4-18H,19-20H2,1-3H3. The van der Waals surface area contributed by atoms with Crippen molar-refractivity contribution in [2.75, 3.05) is 13.7 Å². The second-order valence-electron chi connectivity index (χ2n) is 7.13. The lowest BCUT2D eigenvalue weighted by molar-refractivity contribution is 0.200. The van der Waals surface area contributed by atoms with Crippen molar-refractivity contribution in [1.82, 2.24) is 0 Å². The molecule has 0 aliphatic rings. The maximum atomic E-state index is 6.45. The molecule has 0 aliphatic carbocycles. The van der Waals surface area contributed by atoms with Crippen molar-refractivity contribution >= 4 is 17.4 Å². The first-order valence-electron chi connectivity index (χ1n) is 9.92. The average Bonchev–Trinajstić information content (AvgIpc) is 2.76. The number of para-hydroxylation sites is 3. The normalized spacial score (nSPS) is 11.7. The van der Waals surface area contributed by atoms with E-state index in [4.69, 9.17) is 22.1 Å². The maximum absolute atomic E-state index is 6.45. The second-order valence-corrected chi connectivity index (χ2v) is 13.1. The number of hydrogen-bond donors (Lipinski definition) is 0. The van der Waals surface area contributed by atoms with Gasteiger partial charge in [-0.05, 0) is 49.5 Å². The van der Waals surface area contributed by atoms with E-state index in [0.29, 0.717) is 29.9 Å². The van der Waals surface area contributed by atoms with Gasteiger partial charge in [0.2, 0.25) is 0 Å². The fraction of sp³-hybridized carbons (Fsp3) is 0.217. The van der Waals surface area contributed by atoms with Gasteiger partial charge in [0.25, 0.3) is 0 Å². The Balaban J connectivity index is 1.92. The Morgan fingerprint density at radius 2 is 0.967 bits per heavy atom. The summed E-state index contributed by atoms with van der Waals surface area (Å²) in [7, 11) is -3.81. The molecule has 0 saturated heterocycles. The van der Waals surface area contributed by atoms with Gasteiger partial charge in [-0.3, -0.25) is 0 Å². The van der Waals surface area contributed by atoms with Gasteiger partial charge in [-0.15, -0.1) is 0 Å². The van der Waals surface area contributed by atoms with Crippen LogP contribution in [-0.2, 0) is 8.85 Å². The Morgan fingerprint density at radius 3 is 1.30 bits per heavy atom. The molecule has 5 nitrogen and oxygen atoms in total. The van der Waals surface area contributed by atoms with Crippen molar-refractivity contribution in [2.45, 2.75) is 19.1 Å². The molecular formula is C23H28O5Si2. The summed E-state index contributed by atoms with van der Waals surface area (Å²) in [4.78, 5) is 0. The molecule has 0 atom stereocenters. The van der Waals surface area contributed by atoms with Crippen LogP contribution >= 0.6 is 0 Å². The Hall–Kier alpha value is -2.59. The smallest absolute Gasteiger partial charge is 0.483 e. The third-order valence-corrected chi connectivity index (χ3v) is 8.74. The van der Waals surface area contributed by atoms with Gasteiger partial charge in [-0.2, -0.15) is 0 Å². The van der Waals surface area contributed by atoms with Crippen molar-refractivity contribution in [1.29, 1.82) is 0 Å². The Labute approximate surface area is 180 Å². The SMILES string of the molecule is CO[Si](C)(C)OCC[Si](Oc1ccccc1)(Oc1ccccc1)Oc1ccccc1. The van der Waals surface area contributed by atoms with Crippen LogP contribution in [0.15, 0.2) is 91.0 Å².